The lowest BCUT2D eigenvalue weighted by atomic mass is 10.0. The van der Waals surface area contributed by atoms with Crippen molar-refractivity contribution >= 4 is 11.8 Å². The third kappa shape index (κ3) is 3.97. The summed E-state index contributed by atoms with van der Waals surface area (Å²) in [5.74, 6) is 0.0933. The standard InChI is InChI=1S/C16H22N2O3/c1-11(2)16(21)18-8-6-13(7-9-18)17-15(20)12-4-3-5-14(19)10-12/h3-5,10-11,13,19H,6-9H2,1-2H3,(H,17,20). The fourth-order valence-corrected chi connectivity index (χ4v) is 2.53. The molecule has 0 radical (unpaired) electrons. The van der Waals surface area contributed by atoms with Gasteiger partial charge in [0.05, 0.1) is 0 Å². The van der Waals surface area contributed by atoms with Crippen molar-refractivity contribution in [2.45, 2.75) is 32.7 Å². The van der Waals surface area contributed by atoms with E-state index in [1.807, 2.05) is 18.7 Å². The molecule has 5 nitrogen and oxygen atoms in total. The molecule has 0 saturated carbocycles. The fraction of sp³-hybridized carbons (Fsp3) is 0.500. The Morgan fingerprint density at radius 3 is 2.52 bits per heavy atom. The van der Waals surface area contributed by atoms with Crippen molar-refractivity contribution in [3.63, 3.8) is 0 Å². The highest BCUT2D eigenvalue weighted by atomic mass is 16.3. The molecule has 1 heterocycles. The van der Waals surface area contributed by atoms with Crippen LogP contribution < -0.4 is 5.32 Å². The Bertz CT molecular complexity index is 520. The summed E-state index contributed by atoms with van der Waals surface area (Å²) >= 11 is 0. The van der Waals surface area contributed by atoms with Crippen molar-refractivity contribution in [2.75, 3.05) is 13.1 Å². The molecule has 1 aromatic rings. The van der Waals surface area contributed by atoms with Crippen LogP contribution in [0.1, 0.15) is 37.0 Å². The van der Waals surface area contributed by atoms with Gasteiger partial charge in [-0.05, 0) is 31.0 Å². The van der Waals surface area contributed by atoms with E-state index < -0.39 is 0 Å². The first-order valence-electron chi connectivity index (χ1n) is 7.36. The number of aromatic hydroxyl groups is 1. The van der Waals surface area contributed by atoms with Crippen LogP contribution in [0.5, 0.6) is 5.75 Å². The molecule has 2 N–H and O–H groups in total. The minimum Gasteiger partial charge on any atom is -0.508 e. The summed E-state index contributed by atoms with van der Waals surface area (Å²) in [6.45, 7) is 5.17. The third-order valence-corrected chi connectivity index (χ3v) is 3.74. The molecule has 1 aromatic carbocycles. The fourth-order valence-electron chi connectivity index (χ4n) is 2.53. The number of carbonyl (C=O) groups is 2. The Balaban J connectivity index is 1.86. The van der Waals surface area contributed by atoms with Gasteiger partial charge in [0.25, 0.3) is 5.91 Å². The Kier molecular flexibility index (Phi) is 4.83. The van der Waals surface area contributed by atoms with Crippen molar-refractivity contribution in [2.24, 2.45) is 5.92 Å². The molecule has 2 amide bonds. The molecule has 1 aliphatic rings. The van der Waals surface area contributed by atoms with Crippen LogP contribution in [-0.4, -0.2) is 41.0 Å². The van der Waals surface area contributed by atoms with Crippen LogP contribution in [0.15, 0.2) is 24.3 Å². The van der Waals surface area contributed by atoms with E-state index in [1.54, 1.807) is 12.1 Å². The third-order valence-electron chi connectivity index (χ3n) is 3.74. The van der Waals surface area contributed by atoms with E-state index >= 15 is 0 Å². The first-order valence-corrected chi connectivity index (χ1v) is 7.36. The summed E-state index contributed by atoms with van der Waals surface area (Å²) in [6.07, 6.45) is 1.53. The molecule has 0 spiro atoms. The highest BCUT2D eigenvalue weighted by Crippen LogP contribution is 2.15. The van der Waals surface area contributed by atoms with Gasteiger partial charge in [-0.25, -0.2) is 0 Å². The zero-order valence-electron chi connectivity index (χ0n) is 12.5. The summed E-state index contributed by atoms with van der Waals surface area (Å²) in [6, 6.07) is 6.39. The van der Waals surface area contributed by atoms with Gasteiger partial charge in [0.15, 0.2) is 0 Å². The van der Waals surface area contributed by atoms with Crippen LogP contribution in [0.2, 0.25) is 0 Å². The van der Waals surface area contributed by atoms with Crippen molar-refractivity contribution in [1.29, 1.82) is 0 Å². The van der Waals surface area contributed by atoms with E-state index in [9.17, 15) is 14.7 Å². The van der Waals surface area contributed by atoms with E-state index in [0.717, 1.165) is 12.8 Å². The Hall–Kier alpha value is -2.04. The summed E-state index contributed by atoms with van der Waals surface area (Å²) in [7, 11) is 0. The largest absolute Gasteiger partial charge is 0.508 e. The molecule has 1 saturated heterocycles. The van der Waals surface area contributed by atoms with Crippen LogP contribution in [-0.2, 0) is 4.79 Å². The van der Waals surface area contributed by atoms with Gasteiger partial charge in [0.1, 0.15) is 5.75 Å². The molecular formula is C16H22N2O3. The average molecular weight is 290 g/mol. The lowest BCUT2D eigenvalue weighted by Gasteiger charge is -2.33. The van der Waals surface area contributed by atoms with Crippen molar-refractivity contribution in [1.82, 2.24) is 10.2 Å². The number of hydrogen-bond acceptors (Lipinski definition) is 3. The molecule has 5 heteroatoms. The minimum atomic E-state index is -0.181. The number of benzene rings is 1. The van der Waals surface area contributed by atoms with E-state index in [1.165, 1.54) is 12.1 Å². The Morgan fingerprint density at radius 2 is 1.95 bits per heavy atom. The van der Waals surface area contributed by atoms with E-state index in [0.29, 0.717) is 18.7 Å². The Morgan fingerprint density at radius 1 is 1.29 bits per heavy atom. The quantitative estimate of drug-likeness (QED) is 0.891. The molecule has 0 unspecified atom stereocenters. The van der Waals surface area contributed by atoms with Crippen LogP contribution in [0.25, 0.3) is 0 Å². The lowest BCUT2D eigenvalue weighted by Crippen LogP contribution is -2.47. The number of nitrogens with one attached hydrogen (secondary N) is 1. The molecule has 1 fully saturated rings. The maximum Gasteiger partial charge on any atom is 0.251 e. The van der Waals surface area contributed by atoms with Crippen LogP contribution in [0.3, 0.4) is 0 Å². The van der Waals surface area contributed by atoms with E-state index in [4.69, 9.17) is 0 Å². The van der Waals surface area contributed by atoms with Crippen LogP contribution in [0.4, 0.5) is 0 Å². The number of hydrogen-bond donors (Lipinski definition) is 2. The number of phenolic OH excluding ortho intramolecular Hbond substituents is 1. The van der Waals surface area contributed by atoms with Crippen LogP contribution in [0, 0.1) is 5.92 Å². The molecule has 21 heavy (non-hydrogen) atoms. The van der Waals surface area contributed by atoms with E-state index in [-0.39, 0.29) is 29.5 Å². The smallest absolute Gasteiger partial charge is 0.251 e. The highest BCUT2D eigenvalue weighted by molar-refractivity contribution is 5.94. The molecule has 0 bridgehead atoms. The van der Waals surface area contributed by atoms with Gasteiger partial charge < -0.3 is 15.3 Å². The molecule has 114 valence electrons. The van der Waals surface area contributed by atoms with Crippen LogP contribution >= 0.6 is 0 Å². The first-order chi connectivity index (χ1) is 9.97. The second-order valence-corrected chi connectivity index (χ2v) is 5.78. The number of likely N-dealkylation sites (tertiary alicyclic amines) is 1. The molecule has 1 aliphatic heterocycles. The van der Waals surface area contributed by atoms with Gasteiger partial charge in [-0.2, -0.15) is 0 Å². The molecular weight excluding hydrogens is 268 g/mol. The number of piperidine rings is 1. The second kappa shape index (κ2) is 6.61. The van der Waals surface area contributed by atoms with Gasteiger partial charge in [-0.1, -0.05) is 19.9 Å². The topological polar surface area (TPSA) is 69.6 Å². The van der Waals surface area contributed by atoms with Crippen molar-refractivity contribution < 1.29 is 14.7 Å². The summed E-state index contributed by atoms with van der Waals surface area (Å²) < 4.78 is 0. The maximum absolute atomic E-state index is 12.1. The zero-order chi connectivity index (χ0) is 15.4. The normalized spacial score (nSPS) is 16.0. The van der Waals surface area contributed by atoms with Gasteiger partial charge >= 0.3 is 0 Å². The maximum atomic E-state index is 12.1. The first kappa shape index (κ1) is 15.4. The average Bonchev–Trinajstić information content (AvgIpc) is 2.47. The predicted molar refractivity (Wildman–Crippen MR) is 80.0 cm³/mol. The summed E-state index contributed by atoms with van der Waals surface area (Å²) in [5, 5.41) is 12.4. The number of phenols is 1. The second-order valence-electron chi connectivity index (χ2n) is 5.78. The highest BCUT2D eigenvalue weighted by Gasteiger charge is 2.25. The number of nitrogens with zero attached hydrogens (tertiary/aromatic N) is 1. The summed E-state index contributed by atoms with van der Waals surface area (Å²) in [5.41, 5.74) is 0.454. The number of carbonyl (C=O) groups excluding carboxylic acids is 2. The molecule has 2 rings (SSSR count). The minimum absolute atomic E-state index is 0.0171. The van der Waals surface area contributed by atoms with Crippen molar-refractivity contribution in [3.8, 4) is 5.75 Å². The zero-order valence-corrected chi connectivity index (χ0v) is 12.5. The van der Waals surface area contributed by atoms with E-state index in [2.05, 4.69) is 5.32 Å². The lowest BCUT2D eigenvalue weighted by molar-refractivity contribution is -0.135. The molecule has 0 atom stereocenters. The molecule has 0 aromatic heterocycles. The monoisotopic (exact) mass is 290 g/mol. The number of amides is 2. The SMILES string of the molecule is CC(C)C(=O)N1CCC(NC(=O)c2cccc(O)c2)CC1. The van der Waals surface area contributed by atoms with Gasteiger partial charge in [0.2, 0.25) is 5.91 Å². The predicted octanol–water partition coefficient (Wildman–Crippen LogP) is 1.77. The van der Waals surface area contributed by atoms with Gasteiger partial charge in [0, 0.05) is 30.6 Å². The summed E-state index contributed by atoms with van der Waals surface area (Å²) in [4.78, 5) is 25.8. The van der Waals surface area contributed by atoms with Crippen molar-refractivity contribution in [3.05, 3.63) is 29.8 Å². The number of rotatable bonds is 3. The molecule has 0 aliphatic carbocycles. The van der Waals surface area contributed by atoms with Gasteiger partial charge in [-0.3, -0.25) is 9.59 Å². The van der Waals surface area contributed by atoms with Gasteiger partial charge in [-0.15, -0.1) is 0 Å². The Labute approximate surface area is 125 Å².